The number of aryl methyl sites for hydroxylation is 2. The zero-order valence-electron chi connectivity index (χ0n) is 19.6. The van der Waals surface area contributed by atoms with Crippen LogP contribution in [0.15, 0.2) is 36.4 Å². The third kappa shape index (κ3) is 4.73. The highest BCUT2D eigenvalue weighted by atomic mass is 31.1. The van der Waals surface area contributed by atoms with E-state index in [9.17, 15) is 0 Å². The lowest BCUT2D eigenvalue weighted by molar-refractivity contribution is 0.977. The largest absolute Gasteiger partial charge is 0.354 e. The summed E-state index contributed by atoms with van der Waals surface area (Å²) in [5.74, 6) is 0. The van der Waals surface area contributed by atoms with Gasteiger partial charge in [0.05, 0.1) is 0 Å². The first-order valence-electron chi connectivity index (χ1n) is 11.3. The van der Waals surface area contributed by atoms with Gasteiger partial charge in [0.25, 0.3) is 0 Å². The number of hydrogen-bond acceptors (Lipinski definition) is 1. The fourth-order valence-electron chi connectivity index (χ4n) is 5.01. The van der Waals surface area contributed by atoms with E-state index in [4.69, 9.17) is 0 Å². The smallest absolute Gasteiger partial charge is 0.0495 e. The third-order valence-electron chi connectivity index (χ3n) is 5.95. The van der Waals surface area contributed by atoms with Crippen LogP contribution in [0.1, 0.15) is 66.5 Å². The van der Waals surface area contributed by atoms with Crippen LogP contribution in [0.2, 0.25) is 0 Å². The Balaban J connectivity index is 2.16. The van der Waals surface area contributed by atoms with E-state index < -0.39 is 0 Å². The van der Waals surface area contributed by atoms with Crippen molar-refractivity contribution in [2.45, 2.75) is 90.9 Å². The number of rotatable bonds is 6. The second-order valence-electron chi connectivity index (χ2n) is 9.44. The summed E-state index contributed by atoms with van der Waals surface area (Å²) in [5.41, 5.74) is 8.62. The van der Waals surface area contributed by atoms with Gasteiger partial charge in [0.1, 0.15) is 0 Å². The lowest BCUT2D eigenvalue weighted by Gasteiger charge is -2.31. The lowest BCUT2D eigenvalue weighted by atomic mass is 10.0. The van der Waals surface area contributed by atoms with E-state index in [0.29, 0.717) is 22.6 Å². The molecule has 1 nitrogen and oxygen atoms in total. The highest BCUT2D eigenvalue weighted by molar-refractivity contribution is 7.67. The van der Waals surface area contributed by atoms with Crippen LogP contribution in [0.3, 0.4) is 0 Å². The Morgan fingerprint density at radius 3 is 1.24 bits per heavy atom. The summed E-state index contributed by atoms with van der Waals surface area (Å²) in [5, 5.41) is 7.20. The van der Waals surface area contributed by atoms with Crippen molar-refractivity contribution in [2.75, 3.05) is 5.32 Å². The van der Waals surface area contributed by atoms with Gasteiger partial charge in [0, 0.05) is 22.0 Å². The van der Waals surface area contributed by atoms with Crippen molar-refractivity contribution in [1.29, 1.82) is 0 Å². The molecule has 1 aliphatic rings. The standard InChI is InChI=1S/C26H39NP2/c1-17(2)28(18(3)4)23-13-9-11-21-15-16-22-12-10-14-24(26(22)27-25(21)23)29(19(5)6)20(7)8/h9-14,17-20,27H,15-16H2,1-8H3. The summed E-state index contributed by atoms with van der Waals surface area (Å²) < 4.78 is 0. The minimum Gasteiger partial charge on any atom is -0.354 e. The number of anilines is 2. The van der Waals surface area contributed by atoms with E-state index in [1.807, 2.05) is 0 Å². The Hall–Kier alpha value is -0.900. The fourth-order valence-corrected chi connectivity index (χ4v) is 11.1. The first-order chi connectivity index (χ1) is 13.7. The van der Waals surface area contributed by atoms with Crippen LogP contribution >= 0.6 is 15.8 Å². The van der Waals surface area contributed by atoms with E-state index in [0.717, 1.165) is 12.8 Å². The highest BCUT2D eigenvalue weighted by Gasteiger charge is 2.28. The Morgan fingerprint density at radius 2 is 0.931 bits per heavy atom. The SMILES string of the molecule is CC(C)P(c1cccc2c1Nc1c(cccc1P(C(C)C)C(C)C)CC2)C(C)C. The lowest BCUT2D eigenvalue weighted by Crippen LogP contribution is -2.22. The van der Waals surface area contributed by atoms with Crippen LogP contribution in [0, 0.1) is 0 Å². The van der Waals surface area contributed by atoms with Gasteiger partial charge in [-0.05, 0) is 46.6 Å². The van der Waals surface area contributed by atoms with Crippen LogP contribution < -0.4 is 15.9 Å². The quantitative estimate of drug-likeness (QED) is 0.474. The zero-order chi connectivity index (χ0) is 21.3. The summed E-state index contributed by atoms with van der Waals surface area (Å²) in [7, 11) is -0.393. The van der Waals surface area contributed by atoms with Crippen LogP contribution in [0.5, 0.6) is 0 Å². The molecule has 158 valence electrons. The van der Waals surface area contributed by atoms with Crippen LogP contribution in [-0.2, 0) is 12.8 Å². The number of hydrogen-bond donors (Lipinski definition) is 1. The Morgan fingerprint density at radius 1 is 0.586 bits per heavy atom. The van der Waals surface area contributed by atoms with Crippen molar-refractivity contribution in [2.24, 2.45) is 0 Å². The Labute approximate surface area is 181 Å². The Kier molecular flexibility index (Phi) is 7.46. The third-order valence-corrected chi connectivity index (χ3v) is 12.3. The molecule has 0 fully saturated rings. The molecule has 0 aliphatic carbocycles. The molecule has 1 heterocycles. The second kappa shape index (κ2) is 9.49. The summed E-state index contributed by atoms with van der Waals surface area (Å²) in [6.07, 6.45) is 2.26. The molecule has 0 atom stereocenters. The molecule has 0 saturated heterocycles. The maximum Gasteiger partial charge on any atom is 0.0495 e. The van der Waals surface area contributed by atoms with Gasteiger partial charge in [-0.15, -0.1) is 0 Å². The van der Waals surface area contributed by atoms with E-state index in [2.05, 4.69) is 97.1 Å². The van der Waals surface area contributed by atoms with Gasteiger partial charge in [0.2, 0.25) is 0 Å². The normalized spacial score (nSPS) is 14.0. The molecule has 0 bridgehead atoms. The number of nitrogens with one attached hydrogen (secondary N) is 1. The molecule has 0 saturated carbocycles. The molecular formula is C26H39NP2. The van der Waals surface area contributed by atoms with Crippen LogP contribution in [-0.4, -0.2) is 22.6 Å². The molecule has 0 unspecified atom stereocenters. The topological polar surface area (TPSA) is 12.0 Å². The molecule has 0 radical (unpaired) electrons. The zero-order valence-corrected chi connectivity index (χ0v) is 21.4. The summed E-state index contributed by atoms with van der Waals surface area (Å²) >= 11 is 0. The van der Waals surface area contributed by atoms with Crippen LogP contribution in [0.25, 0.3) is 0 Å². The maximum absolute atomic E-state index is 4.05. The van der Waals surface area contributed by atoms with E-state index in [-0.39, 0.29) is 15.8 Å². The minimum absolute atomic E-state index is 0.197. The average molecular weight is 428 g/mol. The van der Waals surface area contributed by atoms with Gasteiger partial charge < -0.3 is 5.32 Å². The van der Waals surface area contributed by atoms with Gasteiger partial charge in [-0.2, -0.15) is 0 Å². The van der Waals surface area contributed by atoms with E-state index in [1.54, 1.807) is 10.6 Å². The van der Waals surface area contributed by atoms with Gasteiger partial charge in [-0.25, -0.2) is 0 Å². The predicted octanol–water partition coefficient (Wildman–Crippen LogP) is 7.38. The molecular weight excluding hydrogens is 388 g/mol. The van der Waals surface area contributed by atoms with E-state index >= 15 is 0 Å². The first kappa shape index (κ1) is 22.8. The summed E-state index contributed by atoms with van der Waals surface area (Å²) in [6, 6.07) is 14.1. The monoisotopic (exact) mass is 427 g/mol. The molecule has 2 aromatic rings. The van der Waals surface area contributed by atoms with Crippen molar-refractivity contribution >= 4 is 37.8 Å². The minimum atomic E-state index is -0.197. The second-order valence-corrected chi connectivity index (χ2v) is 16.2. The molecule has 3 heteroatoms. The van der Waals surface area contributed by atoms with Gasteiger partial charge in [-0.3, -0.25) is 0 Å². The van der Waals surface area contributed by atoms with Crippen molar-refractivity contribution in [1.82, 2.24) is 0 Å². The summed E-state index contributed by atoms with van der Waals surface area (Å²) in [4.78, 5) is 0. The predicted molar refractivity (Wildman–Crippen MR) is 137 cm³/mol. The fraction of sp³-hybridized carbons (Fsp3) is 0.538. The maximum atomic E-state index is 4.05. The molecule has 29 heavy (non-hydrogen) atoms. The van der Waals surface area contributed by atoms with Gasteiger partial charge in [-0.1, -0.05) is 108 Å². The molecule has 2 aromatic carbocycles. The molecule has 1 N–H and O–H groups in total. The summed E-state index contributed by atoms with van der Waals surface area (Å²) in [6.45, 7) is 19.2. The van der Waals surface area contributed by atoms with Gasteiger partial charge >= 0.3 is 0 Å². The number of fused-ring (bicyclic) bond motifs is 2. The molecule has 0 amide bonds. The molecule has 0 aromatic heterocycles. The average Bonchev–Trinajstić information content (AvgIpc) is 2.81. The molecule has 0 spiro atoms. The van der Waals surface area contributed by atoms with Crippen LogP contribution in [0.4, 0.5) is 11.4 Å². The number of benzene rings is 2. The highest BCUT2D eigenvalue weighted by Crippen LogP contribution is 2.50. The number of para-hydroxylation sites is 2. The van der Waals surface area contributed by atoms with E-state index in [1.165, 1.54) is 22.5 Å². The van der Waals surface area contributed by atoms with Crippen molar-refractivity contribution in [3.63, 3.8) is 0 Å². The first-order valence-corrected chi connectivity index (χ1v) is 14.3. The Bertz CT molecular complexity index is 753. The molecule has 1 aliphatic heterocycles. The molecule has 3 rings (SSSR count). The van der Waals surface area contributed by atoms with Crippen molar-refractivity contribution in [3.05, 3.63) is 47.5 Å². The van der Waals surface area contributed by atoms with Crippen molar-refractivity contribution in [3.8, 4) is 0 Å². The van der Waals surface area contributed by atoms with Crippen molar-refractivity contribution < 1.29 is 0 Å². The van der Waals surface area contributed by atoms with Gasteiger partial charge in [0.15, 0.2) is 0 Å².